The van der Waals surface area contributed by atoms with Gasteiger partial charge in [0.15, 0.2) is 5.11 Å². The van der Waals surface area contributed by atoms with Gasteiger partial charge in [0.25, 0.3) is 0 Å². The van der Waals surface area contributed by atoms with Gasteiger partial charge in [-0.2, -0.15) is 0 Å². The number of aromatic nitrogens is 2. The molecule has 2 fully saturated rings. The summed E-state index contributed by atoms with van der Waals surface area (Å²) in [6.07, 6.45) is 6.29. The topological polar surface area (TPSA) is 45.6 Å². The van der Waals surface area contributed by atoms with Gasteiger partial charge in [-0.25, -0.2) is 0 Å². The summed E-state index contributed by atoms with van der Waals surface area (Å²) in [4.78, 5) is 9.42. The van der Waals surface area contributed by atoms with Crippen LogP contribution in [0, 0.1) is 0 Å². The van der Waals surface area contributed by atoms with Gasteiger partial charge in [0.2, 0.25) is 0 Å². The number of morpholine rings is 1. The van der Waals surface area contributed by atoms with Crippen LogP contribution in [0.4, 0.5) is 0 Å². The Morgan fingerprint density at radius 1 is 1.17 bits per heavy atom. The van der Waals surface area contributed by atoms with Gasteiger partial charge in [-0.05, 0) is 56.8 Å². The van der Waals surface area contributed by atoms with E-state index in [4.69, 9.17) is 17.0 Å². The fraction of sp³-hybridized carbons (Fsp3) is 0.545. The minimum absolute atomic E-state index is 0.0456. The Hall–Kier alpha value is -1.96. The molecule has 4 rings (SSSR count). The number of nitrogens with one attached hydrogen (secondary N) is 1. The van der Waals surface area contributed by atoms with Crippen molar-refractivity contribution in [3.8, 4) is 0 Å². The summed E-state index contributed by atoms with van der Waals surface area (Å²) in [5.41, 5.74) is 2.34. The first kappa shape index (κ1) is 20.3. The second-order valence-corrected chi connectivity index (χ2v) is 9.18. The molecule has 2 aromatic heterocycles. The molecule has 2 atom stereocenters. The van der Waals surface area contributed by atoms with Crippen LogP contribution in [0.5, 0.6) is 0 Å². The Labute approximate surface area is 178 Å². The first-order valence-electron chi connectivity index (χ1n) is 10.4. The molecule has 4 heterocycles. The van der Waals surface area contributed by atoms with E-state index in [1.54, 1.807) is 0 Å². The van der Waals surface area contributed by atoms with Crippen LogP contribution in [0.1, 0.15) is 44.1 Å². The average Bonchev–Trinajstić information content (AvgIpc) is 3.32. The van der Waals surface area contributed by atoms with Crippen LogP contribution in [0.2, 0.25) is 0 Å². The normalized spacial score (nSPS) is 23.4. The molecule has 7 heteroatoms. The fourth-order valence-electron chi connectivity index (χ4n) is 4.09. The third-order valence-corrected chi connectivity index (χ3v) is 6.14. The molecule has 0 bridgehead atoms. The number of thiocarbonyl (C=S) groups is 1. The fourth-order valence-corrected chi connectivity index (χ4v) is 4.42. The number of hydrogen-bond acceptors (Lipinski definition) is 4. The Morgan fingerprint density at radius 2 is 1.97 bits per heavy atom. The first-order valence-corrected chi connectivity index (χ1v) is 10.8. The van der Waals surface area contributed by atoms with E-state index >= 15 is 0 Å². The van der Waals surface area contributed by atoms with Crippen LogP contribution in [-0.4, -0.2) is 63.9 Å². The largest absolute Gasteiger partial charge is 0.379 e. The maximum Gasteiger partial charge on any atom is 0.170 e. The summed E-state index contributed by atoms with van der Waals surface area (Å²) >= 11 is 5.78. The van der Waals surface area contributed by atoms with E-state index in [-0.39, 0.29) is 17.6 Å². The van der Waals surface area contributed by atoms with Crippen LogP contribution in [-0.2, 0) is 10.3 Å². The molecular weight excluding hydrogens is 382 g/mol. The molecule has 0 aromatic carbocycles. The Morgan fingerprint density at radius 3 is 2.62 bits per heavy atom. The van der Waals surface area contributed by atoms with Crippen molar-refractivity contribution in [2.75, 3.05) is 39.4 Å². The highest BCUT2D eigenvalue weighted by Gasteiger charge is 2.40. The number of hydrogen-bond donors (Lipinski definition) is 1. The van der Waals surface area contributed by atoms with Gasteiger partial charge in [0.1, 0.15) is 0 Å². The lowest BCUT2D eigenvalue weighted by atomic mass is 9.99. The third kappa shape index (κ3) is 4.47. The van der Waals surface area contributed by atoms with Crippen molar-refractivity contribution in [1.82, 2.24) is 24.7 Å². The summed E-state index contributed by atoms with van der Waals surface area (Å²) in [7, 11) is 0. The first-order chi connectivity index (χ1) is 13.9. The van der Waals surface area contributed by atoms with Gasteiger partial charge in [-0.1, -0.05) is 6.07 Å². The molecular formula is C22H31N5OS. The standard InChI is InChI=1S/C22H31N5OS/c1-22(2,3)26-9-7-17(16-26)20-19(18-6-4-5-8-23-18)24-21(29)27(20)11-10-25-12-14-28-15-13-25/h4-9,16,19-20H,10-15H2,1-3H3,(H,24,29)/t19-,20-/m1/s1. The van der Waals surface area contributed by atoms with Crippen LogP contribution >= 0.6 is 12.2 Å². The Balaban J connectivity index is 1.61. The summed E-state index contributed by atoms with van der Waals surface area (Å²) in [5, 5.41) is 4.35. The third-order valence-electron chi connectivity index (χ3n) is 5.79. The molecule has 156 valence electrons. The van der Waals surface area contributed by atoms with E-state index in [2.05, 4.69) is 70.0 Å². The van der Waals surface area contributed by atoms with Crippen molar-refractivity contribution in [1.29, 1.82) is 0 Å². The lowest BCUT2D eigenvalue weighted by Crippen LogP contribution is -2.42. The van der Waals surface area contributed by atoms with E-state index in [1.165, 1.54) is 5.56 Å². The predicted octanol–water partition coefficient (Wildman–Crippen LogP) is 2.94. The minimum Gasteiger partial charge on any atom is -0.379 e. The van der Waals surface area contributed by atoms with E-state index in [0.717, 1.165) is 50.2 Å². The van der Waals surface area contributed by atoms with Gasteiger partial charge in [0, 0.05) is 50.3 Å². The van der Waals surface area contributed by atoms with E-state index < -0.39 is 0 Å². The van der Waals surface area contributed by atoms with E-state index in [9.17, 15) is 0 Å². The molecule has 0 aliphatic carbocycles. The highest BCUT2D eigenvalue weighted by Crippen LogP contribution is 2.39. The smallest absolute Gasteiger partial charge is 0.170 e. The number of ether oxygens (including phenoxy) is 1. The van der Waals surface area contributed by atoms with Crippen molar-refractivity contribution in [3.05, 3.63) is 54.1 Å². The van der Waals surface area contributed by atoms with Crippen molar-refractivity contribution in [2.45, 2.75) is 38.4 Å². The average molecular weight is 414 g/mol. The molecule has 2 aliphatic rings. The number of rotatable bonds is 5. The zero-order valence-electron chi connectivity index (χ0n) is 17.5. The number of nitrogens with zero attached hydrogens (tertiary/aromatic N) is 4. The molecule has 2 aromatic rings. The van der Waals surface area contributed by atoms with Crippen molar-refractivity contribution in [2.24, 2.45) is 0 Å². The minimum atomic E-state index is 0.0456. The lowest BCUT2D eigenvalue weighted by Gasteiger charge is -2.32. The lowest BCUT2D eigenvalue weighted by molar-refractivity contribution is 0.0350. The zero-order chi connectivity index (χ0) is 20.4. The van der Waals surface area contributed by atoms with Crippen LogP contribution in [0.3, 0.4) is 0 Å². The zero-order valence-corrected chi connectivity index (χ0v) is 18.4. The SMILES string of the molecule is CC(C)(C)n1ccc([C@@H]2[C@@H](c3ccccn3)NC(=S)N2CCN2CCOCC2)c1. The molecule has 6 nitrogen and oxygen atoms in total. The molecule has 1 N–H and O–H groups in total. The highest BCUT2D eigenvalue weighted by molar-refractivity contribution is 7.80. The highest BCUT2D eigenvalue weighted by atomic mass is 32.1. The Kier molecular flexibility index (Phi) is 5.90. The van der Waals surface area contributed by atoms with Gasteiger partial charge in [-0.15, -0.1) is 0 Å². The molecule has 29 heavy (non-hydrogen) atoms. The van der Waals surface area contributed by atoms with Crippen molar-refractivity contribution >= 4 is 17.3 Å². The molecule has 0 saturated carbocycles. The molecule has 0 radical (unpaired) electrons. The van der Waals surface area contributed by atoms with Gasteiger partial charge in [0.05, 0.1) is 31.0 Å². The summed E-state index contributed by atoms with van der Waals surface area (Å²) < 4.78 is 7.77. The molecule has 0 spiro atoms. The van der Waals surface area contributed by atoms with Crippen molar-refractivity contribution < 1.29 is 4.74 Å². The quantitative estimate of drug-likeness (QED) is 0.761. The van der Waals surface area contributed by atoms with Crippen LogP contribution in [0.25, 0.3) is 0 Å². The second kappa shape index (κ2) is 8.42. The maximum absolute atomic E-state index is 5.78. The predicted molar refractivity (Wildman–Crippen MR) is 119 cm³/mol. The molecule has 0 unspecified atom stereocenters. The molecule has 2 aliphatic heterocycles. The molecule has 0 amide bonds. The summed E-state index contributed by atoms with van der Waals surface area (Å²) in [5.74, 6) is 0. The van der Waals surface area contributed by atoms with Gasteiger partial charge in [-0.3, -0.25) is 9.88 Å². The summed E-state index contributed by atoms with van der Waals surface area (Å²) in [6.45, 7) is 12.2. The maximum atomic E-state index is 5.78. The second-order valence-electron chi connectivity index (χ2n) is 8.80. The van der Waals surface area contributed by atoms with Crippen LogP contribution < -0.4 is 5.32 Å². The van der Waals surface area contributed by atoms with Crippen LogP contribution in [0.15, 0.2) is 42.9 Å². The monoisotopic (exact) mass is 413 g/mol. The van der Waals surface area contributed by atoms with E-state index in [1.807, 2.05) is 18.3 Å². The summed E-state index contributed by atoms with van der Waals surface area (Å²) in [6, 6.07) is 8.48. The number of pyridine rings is 1. The van der Waals surface area contributed by atoms with Gasteiger partial charge < -0.3 is 19.5 Å². The van der Waals surface area contributed by atoms with E-state index in [0.29, 0.717) is 0 Å². The van der Waals surface area contributed by atoms with Gasteiger partial charge >= 0.3 is 0 Å². The van der Waals surface area contributed by atoms with Crippen molar-refractivity contribution in [3.63, 3.8) is 0 Å². The molecule has 2 saturated heterocycles. The Bertz CT molecular complexity index is 825.